The molecule has 2 aliphatic rings. The molecule has 0 saturated carbocycles. The van der Waals surface area contributed by atoms with Gasteiger partial charge >= 0.3 is 19.2 Å². The first-order valence-corrected chi connectivity index (χ1v) is 13.5. The van der Waals surface area contributed by atoms with E-state index < -0.39 is 23.2 Å². The molecule has 2 fully saturated rings. The summed E-state index contributed by atoms with van der Waals surface area (Å²) >= 11 is 0. The Hall–Kier alpha value is -2.10. The van der Waals surface area contributed by atoms with Crippen molar-refractivity contribution in [2.45, 2.75) is 122 Å². The fourth-order valence-corrected chi connectivity index (χ4v) is 4.94. The summed E-state index contributed by atoms with van der Waals surface area (Å²) in [6.45, 7) is 14.1. The van der Waals surface area contributed by atoms with Crippen molar-refractivity contribution in [1.82, 2.24) is 4.90 Å². The predicted molar refractivity (Wildman–Crippen MR) is 144 cm³/mol. The average Bonchev–Trinajstić information content (AvgIpc) is 3.00. The molecule has 0 unspecified atom stereocenters. The number of nitrogens with two attached hydrogens (primary N) is 1. The van der Waals surface area contributed by atoms with E-state index in [9.17, 15) is 9.59 Å². The van der Waals surface area contributed by atoms with Gasteiger partial charge < -0.3 is 24.5 Å². The van der Waals surface area contributed by atoms with Gasteiger partial charge in [0.05, 0.1) is 11.2 Å². The van der Waals surface area contributed by atoms with Crippen LogP contribution in [0.4, 0.5) is 4.79 Å². The van der Waals surface area contributed by atoms with Crippen molar-refractivity contribution >= 4 is 19.2 Å². The molecular formula is C28H45BN2O6. The monoisotopic (exact) mass is 516 g/mol. The number of carbonyl (C=O) groups excluding carboxylic acids is 2. The van der Waals surface area contributed by atoms with Gasteiger partial charge in [-0.25, -0.2) is 9.59 Å². The molecule has 0 radical (unpaired) electrons. The van der Waals surface area contributed by atoms with Crippen LogP contribution in [0.25, 0.3) is 0 Å². The topological polar surface area (TPSA) is 100 Å². The number of likely N-dealkylation sites (tertiary alicyclic amines) is 1. The lowest BCUT2D eigenvalue weighted by molar-refractivity contribution is -0.163. The van der Waals surface area contributed by atoms with Crippen molar-refractivity contribution in [3.8, 4) is 0 Å². The second-order valence-corrected chi connectivity index (χ2v) is 12.4. The Labute approximate surface area is 222 Å². The zero-order valence-electron chi connectivity index (χ0n) is 23.7. The molecule has 1 aromatic rings. The molecular weight excluding hydrogens is 471 g/mol. The van der Waals surface area contributed by atoms with Gasteiger partial charge in [-0.3, -0.25) is 4.90 Å². The molecule has 0 bridgehead atoms. The number of piperidine rings is 1. The van der Waals surface area contributed by atoms with Crippen LogP contribution >= 0.6 is 0 Å². The summed E-state index contributed by atoms with van der Waals surface area (Å²) in [5, 5.41) is 0. The van der Waals surface area contributed by atoms with E-state index in [4.69, 9.17) is 24.5 Å². The number of esters is 1. The van der Waals surface area contributed by atoms with Crippen molar-refractivity contribution in [3.05, 3.63) is 35.9 Å². The van der Waals surface area contributed by atoms with Crippen LogP contribution in [0.1, 0.15) is 86.1 Å². The van der Waals surface area contributed by atoms with Crippen molar-refractivity contribution < 1.29 is 28.4 Å². The minimum atomic E-state index is -1.19. The molecule has 2 atom stereocenters. The average molecular weight is 516 g/mol. The fourth-order valence-electron chi connectivity index (χ4n) is 4.94. The fraction of sp³-hybridized carbons (Fsp3) is 0.714. The molecule has 2 N–H and O–H groups in total. The number of ether oxygens (including phenoxy) is 2. The second-order valence-electron chi connectivity index (χ2n) is 12.4. The predicted octanol–water partition coefficient (Wildman–Crippen LogP) is 5.09. The molecule has 3 rings (SSSR count). The van der Waals surface area contributed by atoms with Gasteiger partial charge in [-0.05, 0) is 79.6 Å². The van der Waals surface area contributed by atoms with Crippen LogP contribution in [-0.4, -0.2) is 59.0 Å². The van der Waals surface area contributed by atoms with Gasteiger partial charge in [-0.15, -0.1) is 0 Å². The Bertz CT molecular complexity index is 916. The lowest BCUT2D eigenvalue weighted by atomic mass is 9.77. The van der Waals surface area contributed by atoms with E-state index in [2.05, 4.69) is 0 Å². The van der Waals surface area contributed by atoms with Gasteiger partial charge in [0.2, 0.25) is 0 Å². The van der Waals surface area contributed by atoms with Gasteiger partial charge in [-0.2, -0.15) is 0 Å². The summed E-state index contributed by atoms with van der Waals surface area (Å²) in [5.41, 5.74) is 4.62. The molecule has 2 saturated heterocycles. The zero-order valence-corrected chi connectivity index (χ0v) is 23.7. The second kappa shape index (κ2) is 11.3. The minimum absolute atomic E-state index is 0.132. The van der Waals surface area contributed by atoms with Crippen LogP contribution in [0.3, 0.4) is 0 Å². The third-order valence-corrected chi connectivity index (χ3v) is 7.63. The Balaban J connectivity index is 1.75. The zero-order chi connectivity index (χ0) is 27.5. The standard InChI is InChI=1S/C28H45BN2O6/c1-25(2,3)35-24(33)31-18-15-22(30)19-28(31,23(32)34-20-21-13-9-8-10-14-21)16-11-12-17-29-36-26(4,5)27(6,7)37-29/h8-10,13-14,22H,11-12,15-20,30H2,1-7H3/t22-,28+/m0/s1. The molecule has 2 heterocycles. The van der Waals surface area contributed by atoms with Crippen LogP contribution in [0, 0.1) is 0 Å². The largest absolute Gasteiger partial charge is 0.459 e. The number of rotatable bonds is 8. The highest BCUT2D eigenvalue weighted by Gasteiger charge is 2.53. The molecule has 9 heteroatoms. The van der Waals surface area contributed by atoms with Gasteiger partial charge in [-0.1, -0.05) is 43.2 Å². The number of hydrogen-bond donors (Lipinski definition) is 1. The van der Waals surface area contributed by atoms with Crippen LogP contribution in [0.15, 0.2) is 30.3 Å². The van der Waals surface area contributed by atoms with Crippen LogP contribution in [-0.2, 0) is 30.2 Å². The molecule has 8 nitrogen and oxygen atoms in total. The van der Waals surface area contributed by atoms with E-state index in [1.165, 1.54) is 0 Å². The third kappa shape index (κ3) is 7.27. The van der Waals surface area contributed by atoms with Gasteiger partial charge in [0.25, 0.3) is 0 Å². The first-order chi connectivity index (χ1) is 17.2. The van der Waals surface area contributed by atoms with E-state index in [1.54, 1.807) is 4.90 Å². The smallest absolute Gasteiger partial charge is 0.457 e. The highest BCUT2D eigenvalue weighted by Crippen LogP contribution is 2.39. The Morgan fingerprint density at radius 3 is 2.30 bits per heavy atom. The van der Waals surface area contributed by atoms with Gasteiger partial charge in [0, 0.05) is 12.6 Å². The summed E-state index contributed by atoms with van der Waals surface area (Å²) < 4.78 is 23.8. The molecule has 37 heavy (non-hydrogen) atoms. The highest BCUT2D eigenvalue weighted by molar-refractivity contribution is 6.45. The number of carbonyl (C=O) groups is 2. The summed E-state index contributed by atoms with van der Waals surface area (Å²) in [5.74, 6) is -0.437. The van der Waals surface area contributed by atoms with Gasteiger partial charge in [0.15, 0.2) is 0 Å². The molecule has 0 spiro atoms. The normalized spacial score (nSPS) is 25.1. The molecule has 206 valence electrons. The SMILES string of the molecule is CC(C)(C)OC(=O)N1CC[C@H](N)C[C@]1(CCCCB1OC(C)(C)C(C)(C)O1)C(=O)OCc1ccccc1. The maximum Gasteiger partial charge on any atom is 0.457 e. The van der Waals surface area contributed by atoms with Crippen LogP contribution in [0.2, 0.25) is 6.32 Å². The minimum Gasteiger partial charge on any atom is -0.459 e. The van der Waals surface area contributed by atoms with Crippen LogP contribution < -0.4 is 5.73 Å². The lowest BCUT2D eigenvalue weighted by Gasteiger charge is -2.47. The van der Waals surface area contributed by atoms with E-state index in [0.29, 0.717) is 38.5 Å². The Kier molecular flexibility index (Phi) is 9.03. The quantitative estimate of drug-likeness (QED) is 0.292. The van der Waals surface area contributed by atoms with Crippen LogP contribution in [0.5, 0.6) is 0 Å². The molecule has 2 aliphatic heterocycles. The van der Waals surface area contributed by atoms with Crippen molar-refractivity contribution in [1.29, 1.82) is 0 Å². The first kappa shape index (κ1) is 29.5. The van der Waals surface area contributed by atoms with Crippen molar-refractivity contribution in [2.24, 2.45) is 5.73 Å². The first-order valence-electron chi connectivity index (χ1n) is 13.5. The molecule has 0 aliphatic carbocycles. The van der Waals surface area contributed by atoms with E-state index in [0.717, 1.165) is 12.0 Å². The maximum atomic E-state index is 13.8. The summed E-state index contributed by atoms with van der Waals surface area (Å²) in [7, 11) is -0.304. The van der Waals surface area contributed by atoms with Crippen molar-refractivity contribution in [3.63, 3.8) is 0 Å². The Morgan fingerprint density at radius 1 is 1.08 bits per heavy atom. The van der Waals surface area contributed by atoms with E-state index in [1.807, 2.05) is 78.8 Å². The van der Waals surface area contributed by atoms with E-state index in [-0.39, 0.29) is 31.0 Å². The molecule has 0 aromatic heterocycles. The highest BCUT2D eigenvalue weighted by atomic mass is 16.7. The molecule has 1 amide bonds. The summed E-state index contributed by atoms with van der Waals surface area (Å²) in [4.78, 5) is 28.6. The number of unbranched alkanes of at least 4 members (excludes halogenated alkanes) is 1. The number of hydrogen-bond acceptors (Lipinski definition) is 7. The summed E-state index contributed by atoms with van der Waals surface area (Å²) in [6.07, 6.45) is 2.98. The molecule has 1 aromatic carbocycles. The maximum absolute atomic E-state index is 13.8. The third-order valence-electron chi connectivity index (χ3n) is 7.63. The Morgan fingerprint density at radius 2 is 1.70 bits per heavy atom. The number of amides is 1. The van der Waals surface area contributed by atoms with E-state index >= 15 is 0 Å². The summed E-state index contributed by atoms with van der Waals surface area (Å²) in [6, 6.07) is 9.31. The number of benzene rings is 1. The van der Waals surface area contributed by atoms with Crippen molar-refractivity contribution in [2.75, 3.05) is 6.54 Å². The lowest BCUT2D eigenvalue weighted by Crippen LogP contribution is -2.64. The number of nitrogens with zero attached hydrogens (tertiary/aromatic N) is 1. The van der Waals surface area contributed by atoms with Gasteiger partial charge in [0.1, 0.15) is 17.7 Å².